The maximum Gasteiger partial charge on any atom is 0.239 e. The Hall–Kier alpha value is -1.85. The van der Waals surface area contributed by atoms with Crippen LogP contribution in [0.15, 0.2) is 6.07 Å². The summed E-state index contributed by atoms with van der Waals surface area (Å²) in [5, 5.41) is 6.08. The minimum absolute atomic E-state index is 0.00669. The van der Waals surface area contributed by atoms with Crippen LogP contribution in [0.1, 0.15) is 45.9 Å². The number of rotatable bonds is 8. The van der Waals surface area contributed by atoms with E-state index in [4.69, 9.17) is 0 Å². The molecule has 0 aliphatic carbocycles. The molecule has 1 heterocycles. The van der Waals surface area contributed by atoms with Crippen molar-refractivity contribution < 1.29 is 4.79 Å². The van der Waals surface area contributed by atoms with Crippen LogP contribution in [0.25, 0.3) is 0 Å². The Morgan fingerprint density at radius 3 is 2.62 bits per heavy atom. The predicted molar refractivity (Wildman–Crippen MR) is 86.9 cm³/mol. The SMILES string of the molecule is CCCNc1cc(N(C)CC(=O)NCC)nc(C(C)C)n1. The van der Waals surface area contributed by atoms with Crippen molar-refractivity contribution in [3.05, 3.63) is 11.9 Å². The average Bonchev–Trinajstić information content (AvgIpc) is 2.44. The summed E-state index contributed by atoms with van der Waals surface area (Å²) < 4.78 is 0. The second-order valence-corrected chi connectivity index (χ2v) is 5.36. The molecule has 1 amide bonds. The fourth-order valence-electron chi connectivity index (χ4n) is 1.80. The van der Waals surface area contributed by atoms with Gasteiger partial charge >= 0.3 is 0 Å². The first-order valence-corrected chi connectivity index (χ1v) is 7.58. The fourth-order valence-corrected chi connectivity index (χ4v) is 1.80. The maximum atomic E-state index is 11.7. The Bertz CT molecular complexity index is 461. The second-order valence-electron chi connectivity index (χ2n) is 5.36. The number of anilines is 2. The zero-order chi connectivity index (χ0) is 15.8. The van der Waals surface area contributed by atoms with E-state index in [9.17, 15) is 4.79 Å². The first-order chi connectivity index (χ1) is 9.97. The third kappa shape index (κ3) is 5.57. The molecule has 0 aliphatic rings. The largest absolute Gasteiger partial charge is 0.370 e. The van der Waals surface area contributed by atoms with E-state index >= 15 is 0 Å². The zero-order valence-electron chi connectivity index (χ0n) is 13.7. The van der Waals surface area contributed by atoms with Crippen LogP contribution in [-0.2, 0) is 4.79 Å². The molecule has 0 atom stereocenters. The number of nitrogens with one attached hydrogen (secondary N) is 2. The fraction of sp³-hybridized carbons (Fsp3) is 0.667. The molecule has 0 saturated carbocycles. The molecule has 0 aromatic carbocycles. The van der Waals surface area contributed by atoms with Gasteiger partial charge < -0.3 is 15.5 Å². The topological polar surface area (TPSA) is 70.2 Å². The molecule has 0 bridgehead atoms. The van der Waals surface area contributed by atoms with E-state index in [0.29, 0.717) is 6.54 Å². The van der Waals surface area contributed by atoms with Crippen LogP contribution in [-0.4, -0.2) is 42.6 Å². The lowest BCUT2D eigenvalue weighted by atomic mass is 10.2. The van der Waals surface area contributed by atoms with Crippen molar-refractivity contribution in [1.82, 2.24) is 15.3 Å². The first kappa shape index (κ1) is 17.2. The standard InChI is InChI=1S/C15H27N5O/c1-6-8-17-12-9-13(19-15(18-12)11(3)4)20(5)10-14(21)16-7-2/h9,11H,6-8,10H2,1-5H3,(H,16,21)(H,17,18,19). The van der Waals surface area contributed by atoms with Crippen LogP contribution in [0.3, 0.4) is 0 Å². The molecule has 1 aromatic rings. The number of nitrogens with zero attached hydrogens (tertiary/aromatic N) is 3. The summed E-state index contributed by atoms with van der Waals surface area (Å²) in [6.45, 7) is 9.94. The molecule has 0 unspecified atom stereocenters. The molecule has 1 rings (SSSR count). The molecule has 118 valence electrons. The number of hydrogen-bond acceptors (Lipinski definition) is 5. The molecule has 0 radical (unpaired) electrons. The minimum atomic E-state index is -0.00669. The van der Waals surface area contributed by atoms with Gasteiger partial charge in [-0.25, -0.2) is 9.97 Å². The van der Waals surface area contributed by atoms with Crippen LogP contribution in [0.4, 0.5) is 11.6 Å². The first-order valence-electron chi connectivity index (χ1n) is 7.58. The summed E-state index contributed by atoms with van der Waals surface area (Å²) in [5.74, 6) is 2.60. The molecule has 0 saturated heterocycles. The van der Waals surface area contributed by atoms with Crippen molar-refractivity contribution in [2.24, 2.45) is 0 Å². The highest BCUT2D eigenvalue weighted by molar-refractivity contribution is 5.80. The van der Waals surface area contributed by atoms with Gasteiger partial charge in [-0.3, -0.25) is 4.79 Å². The Balaban J connectivity index is 2.92. The van der Waals surface area contributed by atoms with Crippen molar-refractivity contribution in [2.75, 3.05) is 36.9 Å². The molecule has 0 aliphatic heterocycles. The molecule has 0 spiro atoms. The van der Waals surface area contributed by atoms with Gasteiger partial charge in [0.1, 0.15) is 17.5 Å². The van der Waals surface area contributed by atoms with Gasteiger partial charge in [0.15, 0.2) is 0 Å². The normalized spacial score (nSPS) is 10.6. The molecule has 6 heteroatoms. The van der Waals surface area contributed by atoms with Gasteiger partial charge in [0, 0.05) is 32.1 Å². The Labute approximate surface area is 127 Å². The van der Waals surface area contributed by atoms with Crippen LogP contribution in [0, 0.1) is 0 Å². The van der Waals surface area contributed by atoms with E-state index in [-0.39, 0.29) is 18.4 Å². The second kappa shape index (κ2) is 8.44. The van der Waals surface area contributed by atoms with E-state index in [1.165, 1.54) is 0 Å². The van der Waals surface area contributed by atoms with Crippen molar-refractivity contribution in [1.29, 1.82) is 0 Å². The van der Waals surface area contributed by atoms with E-state index in [0.717, 1.165) is 30.4 Å². The maximum absolute atomic E-state index is 11.7. The Kier molecular flexibility index (Phi) is 6.91. The lowest BCUT2D eigenvalue weighted by Gasteiger charge is -2.20. The third-order valence-electron chi connectivity index (χ3n) is 2.95. The van der Waals surface area contributed by atoms with Gasteiger partial charge in [0.2, 0.25) is 5.91 Å². The van der Waals surface area contributed by atoms with Crippen LogP contribution in [0.5, 0.6) is 0 Å². The van der Waals surface area contributed by atoms with Gasteiger partial charge in [-0.2, -0.15) is 0 Å². The molecule has 21 heavy (non-hydrogen) atoms. The Morgan fingerprint density at radius 2 is 2.05 bits per heavy atom. The molecule has 6 nitrogen and oxygen atoms in total. The smallest absolute Gasteiger partial charge is 0.239 e. The number of carbonyl (C=O) groups is 1. The number of aromatic nitrogens is 2. The summed E-state index contributed by atoms with van der Waals surface area (Å²) in [4.78, 5) is 22.6. The molecule has 0 fully saturated rings. The van der Waals surface area contributed by atoms with Crippen molar-refractivity contribution in [3.8, 4) is 0 Å². The van der Waals surface area contributed by atoms with Crippen LogP contribution < -0.4 is 15.5 Å². The average molecular weight is 293 g/mol. The van der Waals surface area contributed by atoms with Crippen molar-refractivity contribution in [2.45, 2.75) is 40.0 Å². The number of amides is 1. The third-order valence-corrected chi connectivity index (χ3v) is 2.95. The number of hydrogen-bond donors (Lipinski definition) is 2. The van der Waals surface area contributed by atoms with Gasteiger partial charge in [0.05, 0.1) is 6.54 Å². The van der Waals surface area contributed by atoms with Gasteiger partial charge in [-0.1, -0.05) is 20.8 Å². The highest BCUT2D eigenvalue weighted by atomic mass is 16.2. The van der Waals surface area contributed by atoms with E-state index in [1.54, 1.807) is 0 Å². The quantitative estimate of drug-likeness (QED) is 0.767. The summed E-state index contributed by atoms with van der Waals surface area (Å²) in [7, 11) is 1.87. The van der Waals surface area contributed by atoms with Crippen molar-refractivity contribution >= 4 is 17.5 Å². The van der Waals surface area contributed by atoms with E-state index in [2.05, 4.69) is 41.4 Å². The van der Waals surface area contributed by atoms with E-state index < -0.39 is 0 Å². The van der Waals surface area contributed by atoms with E-state index in [1.807, 2.05) is 24.9 Å². The summed E-state index contributed by atoms with van der Waals surface area (Å²) in [5.41, 5.74) is 0. The number of likely N-dealkylation sites (N-methyl/N-ethyl adjacent to an activating group) is 2. The van der Waals surface area contributed by atoms with Gasteiger partial charge in [-0.05, 0) is 13.3 Å². The number of carbonyl (C=O) groups excluding carboxylic acids is 1. The molecule has 1 aromatic heterocycles. The molecular formula is C15H27N5O. The lowest BCUT2D eigenvalue weighted by molar-refractivity contribution is -0.119. The zero-order valence-corrected chi connectivity index (χ0v) is 13.7. The minimum Gasteiger partial charge on any atom is -0.370 e. The van der Waals surface area contributed by atoms with Gasteiger partial charge in [0.25, 0.3) is 0 Å². The van der Waals surface area contributed by atoms with Crippen molar-refractivity contribution in [3.63, 3.8) is 0 Å². The monoisotopic (exact) mass is 293 g/mol. The Morgan fingerprint density at radius 1 is 1.33 bits per heavy atom. The lowest BCUT2D eigenvalue weighted by Crippen LogP contribution is -2.35. The van der Waals surface area contributed by atoms with Gasteiger partial charge in [-0.15, -0.1) is 0 Å². The summed E-state index contributed by atoms with van der Waals surface area (Å²) in [6, 6.07) is 1.89. The molecule has 2 N–H and O–H groups in total. The predicted octanol–water partition coefficient (Wildman–Crippen LogP) is 1.99. The summed E-state index contributed by atoms with van der Waals surface area (Å²) in [6.07, 6.45) is 1.03. The summed E-state index contributed by atoms with van der Waals surface area (Å²) >= 11 is 0. The highest BCUT2D eigenvalue weighted by Gasteiger charge is 2.13. The molecular weight excluding hydrogens is 266 g/mol. The van der Waals surface area contributed by atoms with Crippen LogP contribution in [0.2, 0.25) is 0 Å². The highest BCUT2D eigenvalue weighted by Crippen LogP contribution is 2.19. The van der Waals surface area contributed by atoms with Crippen LogP contribution >= 0.6 is 0 Å².